The summed E-state index contributed by atoms with van der Waals surface area (Å²) in [5, 5.41) is 5.95. The van der Waals surface area contributed by atoms with E-state index < -0.39 is 6.04 Å². The van der Waals surface area contributed by atoms with Crippen molar-refractivity contribution >= 4 is 35.1 Å². The van der Waals surface area contributed by atoms with E-state index in [1.54, 1.807) is 48.7 Å². The number of hydrogen-bond acceptors (Lipinski definition) is 6. The van der Waals surface area contributed by atoms with E-state index in [-0.39, 0.29) is 50.3 Å². The molecule has 0 bridgehead atoms. The van der Waals surface area contributed by atoms with E-state index >= 15 is 0 Å². The van der Waals surface area contributed by atoms with Crippen LogP contribution in [0.2, 0.25) is 5.02 Å². The number of carbonyl (C=O) groups excluding carboxylic acids is 3. The Labute approximate surface area is 198 Å². The Morgan fingerprint density at radius 2 is 1.76 bits per heavy atom. The van der Waals surface area contributed by atoms with Crippen molar-refractivity contribution in [1.29, 1.82) is 0 Å². The number of nitrogens with one attached hydrogen (secondary N) is 2. The number of pyridine rings is 1. The van der Waals surface area contributed by atoms with Gasteiger partial charge in [-0.2, -0.15) is 0 Å². The van der Waals surface area contributed by atoms with Crippen LogP contribution in [-0.4, -0.2) is 68.1 Å². The van der Waals surface area contributed by atoms with Gasteiger partial charge in [0.1, 0.15) is 11.9 Å². The molecule has 0 saturated heterocycles. The maximum absolute atomic E-state index is 13.2. The van der Waals surface area contributed by atoms with Crippen LogP contribution in [0.3, 0.4) is 0 Å². The molecular weight excluding hydrogens is 448 g/mol. The van der Waals surface area contributed by atoms with Crippen molar-refractivity contribution in [2.24, 2.45) is 0 Å². The first-order chi connectivity index (χ1) is 16.0. The molecule has 1 aromatic heterocycles. The highest BCUT2D eigenvalue weighted by Gasteiger charge is 2.31. The third kappa shape index (κ3) is 8.80. The molecule has 0 aliphatic carbocycles. The van der Waals surface area contributed by atoms with Crippen molar-refractivity contribution in [2.75, 3.05) is 45.8 Å². The van der Waals surface area contributed by atoms with Gasteiger partial charge in [-0.05, 0) is 29.8 Å². The van der Waals surface area contributed by atoms with Crippen LogP contribution >= 0.6 is 11.6 Å². The van der Waals surface area contributed by atoms with Crippen molar-refractivity contribution in [3.05, 3.63) is 59.2 Å². The molecule has 33 heavy (non-hydrogen) atoms. The number of amides is 3. The second-order valence-corrected chi connectivity index (χ2v) is 7.52. The number of benzene rings is 1. The SMILES string of the molecule is COCCNC(=O)[C@@H](c1ccc(Cl)cc1)N(CCOC)C(=O)CCC(=O)Nc1ccccn1. The van der Waals surface area contributed by atoms with Crippen molar-refractivity contribution in [3.63, 3.8) is 0 Å². The fourth-order valence-electron chi connectivity index (χ4n) is 3.08. The molecule has 3 amide bonds. The van der Waals surface area contributed by atoms with Gasteiger partial charge in [0.15, 0.2) is 0 Å². The van der Waals surface area contributed by atoms with E-state index in [1.807, 2.05) is 0 Å². The number of anilines is 1. The highest BCUT2D eigenvalue weighted by Crippen LogP contribution is 2.24. The van der Waals surface area contributed by atoms with Crippen LogP contribution in [0.15, 0.2) is 48.7 Å². The van der Waals surface area contributed by atoms with Gasteiger partial charge in [-0.3, -0.25) is 14.4 Å². The fraction of sp³-hybridized carbons (Fsp3) is 0.391. The Morgan fingerprint density at radius 1 is 1.03 bits per heavy atom. The number of methoxy groups -OCH3 is 2. The zero-order chi connectivity index (χ0) is 24.1. The predicted octanol–water partition coefficient (Wildman–Crippen LogP) is 2.43. The smallest absolute Gasteiger partial charge is 0.247 e. The average Bonchev–Trinajstić information content (AvgIpc) is 2.82. The normalized spacial score (nSPS) is 11.5. The molecule has 1 aromatic carbocycles. The van der Waals surface area contributed by atoms with Crippen LogP contribution in [-0.2, 0) is 23.9 Å². The Morgan fingerprint density at radius 3 is 2.39 bits per heavy atom. The van der Waals surface area contributed by atoms with E-state index in [0.717, 1.165) is 0 Å². The second kappa shape index (κ2) is 14.2. The zero-order valence-electron chi connectivity index (χ0n) is 18.8. The number of nitrogens with zero attached hydrogens (tertiary/aromatic N) is 2. The summed E-state index contributed by atoms with van der Waals surface area (Å²) >= 11 is 6.01. The predicted molar refractivity (Wildman–Crippen MR) is 125 cm³/mol. The van der Waals surface area contributed by atoms with Gasteiger partial charge in [0.05, 0.1) is 13.2 Å². The fourth-order valence-corrected chi connectivity index (χ4v) is 3.21. The van der Waals surface area contributed by atoms with Gasteiger partial charge in [0.2, 0.25) is 17.7 Å². The van der Waals surface area contributed by atoms with Crippen LogP contribution in [0.25, 0.3) is 0 Å². The van der Waals surface area contributed by atoms with Crippen LogP contribution in [0, 0.1) is 0 Å². The molecule has 1 atom stereocenters. The third-order valence-corrected chi connectivity index (χ3v) is 4.96. The topological polar surface area (TPSA) is 110 Å². The molecule has 0 aliphatic heterocycles. The molecule has 0 unspecified atom stereocenters. The minimum Gasteiger partial charge on any atom is -0.383 e. The molecular formula is C23H29ClN4O5. The molecule has 0 fully saturated rings. The van der Waals surface area contributed by atoms with Crippen LogP contribution < -0.4 is 10.6 Å². The lowest BCUT2D eigenvalue weighted by Gasteiger charge is -2.31. The largest absolute Gasteiger partial charge is 0.383 e. The van der Waals surface area contributed by atoms with Crippen LogP contribution in [0.1, 0.15) is 24.4 Å². The van der Waals surface area contributed by atoms with Gasteiger partial charge in [-0.25, -0.2) is 4.98 Å². The minimum absolute atomic E-state index is 0.0580. The van der Waals surface area contributed by atoms with E-state index in [4.69, 9.17) is 21.1 Å². The summed E-state index contributed by atoms with van der Waals surface area (Å²) in [5.41, 5.74) is 0.594. The molecule has 0 aliphatic rings. The molecule has 10 heteroatoms. The molecule has 2 N–H and O–H groups in total. The molecule has 0 spiro atoms. The lowest BCUT2D eigenvalue weighted by Crippen LogP contribution is -2.45. The molecule has 0 radical (unpaired) electrons. The lowest BCUT2D eigenvalue weighted by atomic mass is 10.0. The first-order valence-corrected chi connectivity index (χ1v) is 10.9. The summed E-state index contributed by atoms with van der Waals surface area (Å²) in [4.78, 5) is 44.0. The molecule has 178 valence electrons. The summed E-state index contributed by atoms with van der Waals surface area (Å²) in [7, 11) is 3.05. The average molecular weight is 477 g/mol. The summed E-state index contributed by atoms with van der Waals surface area (Å²) in [6, 6.07) is 10.9. The van der Waals surface area contributed by atoms with E-state index in [1.165, 1.54) is 19.1 Å². The van der Waals surface area contributed by atoms with Crippen molar-refractivity contribution in [2.45, 2.75) is 18.9 Å². The molecule has 2 rings (SSSR count). The third-order valence-electron chi connectivity index (χ3n) is 4.71. The van der Waals surface area contributed by atoms with Gasteiger partial charge in [-0.1, -0.05) is 29.8 Å². The van der Waals surface area contributed by atoms with E-state index in [0.29, 0.717) is 23.0 Å². The summed E-state index contributed by atoms with van der Waals surface area (Å²) in [6.45, 7) is 1.01. The second-order valence-electron chi connectivity index (χ2n) is 7.08. The maximum atomic E-state index is 13.2. The van der Waals surface area contributed by atoms with E-state index in [9.17, 15) is 14.4 Å². The Bertz CT molecular complexity index is 895. The Kier molecular flexibility index (Phi) is 11.3. The van der Waals surface area contributed by atoms with E-state index in [2.05, 4.69) is 15.6 Å². The zero-order valence-corrected chi connectivity index (χ0v) is 19.5. The molecule has 2 aromatic rings. The summed E-state index contributed by atoms with van der Waals surface area (Å²) < 4.78 is 10.2. The summed E-state index contributed by atoms with van der Waals surface area (Å²) in [6.07, 6.45) is 1.42. The number of ether oxygens (including phenoxy) is 2. The number of carbonyl (C=O) groups is 3. The molecule has 9 nitrogen and oxygen atoms in total. The monoisotopic (exact) mass is 476 g/mol. The highest BCUT2D eigenvalue weighted by molar-refractivity contribution is 6.30. The number of rotatable bonds is 13. The van der Waals surface area contributed by atoms with Crippen LogP contribution in [0.5, 0.6) is 0 Å². The Hall–Kier alpha value is -3.01. The Balaban J connectivity index is 2.17. The van der Waals surface area contributed by atoms with Gasteiger partial charge >= 0.3 is 0 Å². The van der Waals surface area contributed by atoms with Crippen molar-refractivity contribution < 1.29 is 23.9 Å². The van der Waals surface area contributed by atoms with Gasteiger partial charge in [0.25, 0.3) is 0 Å². The summed E-state index contributed by atoms with van der Waals surface area (Å²) in [5.74, 6) is -0.661. The van der Waals surface area contributed by atoms with Crippen LogP contribution in [0.4, 0.5) is 5.82 Å². The number of halogens is 1. The molecule has 0 saturated carbocycles. The lowest BCUT2D eigenvalue weighted by molar-refractivity contribution is -0.142. The minimum atomic E-state index is -0.916. The van der Waals surface area contributed by atoms with Gasteiger partial charge in [-0.15, -0.1) is 0 Å². The quantitative estimate of drug-likeness (QED) is 0.430. The van der Waals surface area contributed by atoms with Crippen molar-refractivity contribution in [1.82, 2.24) is 15.2 Å². The first kappa shape index (κ1) is 26.2. The highest BCUT2D eigenvalue weighted by atomic mass is 35.5. The van der Waals surface area contributed by atoms with Crippen molar-refractivity contribution in [3.8, 4) is 0 Å². The van der Waals surface area contributed by atoms with Gasteiger partial charge in [0, 0.05) is 51.4 Å². The number of hydrogen-bond donors (Lipinski definition) is 2. The van der Waals surface area contributed by atoms with Gasteiger partial charge < -0.3 is 25.0 Å². The number of aromatic nitrogens is 1. The maximum Gasteiger partial charge on any atom is 0.247 e. The molecule has 1 heterocycles. The standard InChI is InChI=1S/C23H29ClN4O5/c1-32-15-13-26-23(31)22(17-6-8-18(24)9-7-17)28(14-16-33-2)21(30)11-10-20(29)27-19-5-3-4-12-25-19/h3-9,12,22H,10-11,13-16H2,1-2H3,(H,26,31)(H,25,27,29)/t22-/m1/s1. The first-order valence-electron chi connectivity index (χ1n) is 10.5.